The number of nitrogens with zero attached hydrogens (tertiary/aromatic N) is 1. The Kier molecular flexibility index (Phi) is 4.31. The molecule has 0 unspecified atom stereocenters. The van der Waals surface area contributed by atoms with Crippen molar-refractivity contribution in [1.82, 2.24) is 4.98 Å². The van der Waals surface area contributed by atoms with Crippen molar-refractivity contribution in [3.8, 4) is 0 Å². The third-order valence-corrected chi connectivity index (χ3v) is 3.22. The lowest BCUT2D eigenvalue weighted by Crippen LogP contribution is -2.04. The van der Waals surface area contributed by atoms with E-state index in [-0.39, 0.29) is 10.8 Å². The Morgan fingerprint density at radius 3 is 2.63 bits per heavy atom. The van der Waals surface area contributed by atoms with Gasteiger partial charge in [0.15, 0.2) is 17.5 Å². The van der Waals surface area contributed by atoms with Crippen LogP contribution in [-0.4, -0.2) is 11.5 Å². The molecule has 0 atom stereocenters. The number of benzene rings is 1. The van der Waals surface area contributed by atoms with Crippen molar-refractivity contribution in [2.45, 2.75) is 16.8 Å². The van der Waals surface area contributed by atoms with E-state index in [1.807, 2.05) is 0 Å². The fraction of sp³-hybridized carbons (Fsp3) is 0.154. The first-order valence-corrected chi connectivity index (χ1v) is 6.45. The molecule has 19 heavy (non-hydrogen) atoms. The van der Waals surface area contributed by atoms with Crippen LogP contribution >= 0.6 is 11.8 Å². The van der Waals surface area contributed by atoms with Crippen LogP contribution in [0.25, 0.3) is 0 Å². The minimum absolute atomic E-state index is 0.00273. The molecule has 2 aromatic rings. The van der Waals surface area contributed by atoms with E-state index >= 15 is 0 Å². The molecule has 1 N–H and O–H groups in total. The summed E-state index contributed by atoms with van der Waals surface area (Å²) < 4.78 is 40.0. The van der Waals surface area contributed by atoms with Gasteiger partial charge in [0.1, 0.15) is 10.8 Å². The molecule has 0 saturated heterocycles. The summed E-state index contributed by atoms with van der Waals surface area (Å²) in [6, 6.07) is 6.48. The van der Waals surface area contributed by atoms with Crippen molar-refractivity contribution in [3.63, 3.8) is 0 Å². The van der Waals surface area contributed by atoms with Gasteiger partial charge in [-0.05, 0) is 25.1 Å². The lowest BCUT2D eigenvalue weighted by Gasteiger charge is -2.08. The lowest BCUT2D eigenvalue weighted by atomic mass is 10.4. The van der Waals surface area contributed by atoms with Gasteiger partial charge in [0.2, 0.25) is 0 Å². The summed E-state index contributed by atoms with van der Waals surface area (Å²) in [5.74, 6) is -1.95. The molecule has 0 radical (unpaired) electrons. The molecule has 2 rings (SSSR count). The zero-order valence-corrected chi connectivity index (χ0v) is 10.9. The maximum atomic E-state index is 13.6. The smallest absolute Gasteiger partial charge is 0.168 e. The molecular weight excluding hydrogens is 273 g/mol. The molecular formula is C13H11F3N2S. The molecule has 0 spiro atoms. The molecule has 0 fully saturated rings. The van der Waals surface area contributed by atoms with Crippen molar-refractivity contribution in [1.29, 1.82) is 0 Å². The Labute approximate surface area is 113 Å². The average Bonchev–Trinajstić information content (AvgIpc) is 2.35. The number of halogens is 3. The molecule has 0 aliphatic rings. The van der Waals surface area contributed by atoms with Gasteiger partial charge >= 0.3 is 0 Å². The summed E-state index contributed by atoms with van der Waals surface area (Å²) >= 11 is 0.944. The maximum Gasteiger partial charge on any atom is 0.168 e. The van der Waals surface area contributed by atoms with E-state index in [2.05, 4.69) is 10.3 Å². The monoisotopic (exact) mass is 284 g/mol. The SMILES string of the molecule is CCNc1nc(Sc2cccc(F)c2)c(F)cc1F. The molecule has 0 saturated carbocycles. The van der Waals surface area contributed by atoms with Crippen molar-refractivity contribution in [2.24, 2.45) is 0 Å². The van der Waals surface area contributed by atoms with Crippen LogP contribution in [0.1, 0.15) is 6.92 Å². The van der Waals surface area contributed by atoms with Gasteiger partial charge in [0, 0.05) is 17.5 Å². The van der Waals surface area contributed by atoms with Crippen LogP contribution in [0.15, 0.2) is 40.3 Å². The number of pyridine rings is 1. The summed E-state index contributed by atoms with van der Waals surface area (Å²) in [5, 5.41) is 2.70. The highest BCUT2D eigenvalue weighted by Gasteiger charge is 2.12. The van der Waals surface area contributed by atoms with Gasteiger partial charge in [-0.25, -0.2) is 18.2 Å². The Morgan fingerprint density at radius 2 is 1.95 bits per heavy atom. The van der Waals surface area contributed by atoms with E-state index in [9.17, 15) is 13.2 Å². The number of hydrogen-bond donors (Lipinski definition) is 1. The van der Waals surface area contributed by atoms with Crippen LogP contribution in [0.3, 0.4) is 0 Å². The summed E-state index contributed by atoms with van der Waals surface area (Å²) in [4.78, 5) is 4.37. The molecule has 2 nitrogen and oxygen atoms in total. The molecule has 6 heteroatoms. The average molecular weight is 284 g/mol. The van der Waals surface area contributed by atoms with Gasteiger partial charge in [0.25, 0.3) is 0 Å². The van der Waals surface area contributed by atoms with Gasteiger partial charge in [-0.3, -0.25) is 0 Å². The van der Waals surface area contributed by atoms with Crippen LogP contribution in [0, 0.1) is 17.5 Å². The number of rotatable bonds is 4. The number of hydrogen-bond acceptors (Lipinski definition) is 3. The normalized spacial score (nSPS) is 10.5. The third kappa shape index (κ3) is 3.41. The summed E-state index contributed by atoms with van der Waals surface area (Å²) in [7, 11) is 0. The van der Waals surface area contributed by atoms with E-state index in [0.29, 0.717) is 11.4 Å². The second-order valence-corrected chi connectivity index (χ2v) is 4.76. The summed E-state index contributed by atoms with van der Waals surface area (Å²) in [6.45, 7) is 2.25. The van der Waals surface area contributed by atoms with Crippen LogP contribution in [0.5, 0.6) is 0 Å². The Balaban J connectivity index is 2.31. The van der Waals surface area contributed by atoms with E-state index in [4.69, 9.17) is 0 Å². The maximum absolute atomic E-state index is 13.6. The Morgan fingerprint density at radius 1 is 1.16 bits per heavy atom. The van der Waals surface area contributed by atoms with E-state index in [1.54, 1.807) is 13.0 Å². The fourth-order valence-electron chi connectivity index (χ4n) is 1.45. The molecule has 0 amide bonds. The lowest BCUT2D eigenvalue weighted by molar-refractivity contribution is 0.551. The number of anilines is 1. The Bertz CT molecular complexity index is 590. The predicted molar refractivity (Wildman–Crippen MR) is 68.8 cm³/mol. The van der Waals surface area contributed by atoms with Crippen molar-refractivity contribution < 1.29 is 13.2 Å². The fourth-order valence-corrected chi connectivity index (χ4v) is 2.29. The Hall–Kier alpha value is -1.69. The van der Waals surface area contributed by atoms with Gasteiger partial charge < -0.3 is 5.32 Å². The van der Waals surface area contributed by atoms with Gasteiger partial charge in [0.05, 0.1) is 0 Å². The quantitative estimate of drug-likeness (QED) is 0.915. The molecule has 1 heterocycles. The number of aromatic nitrogens is 1. The largest absolute Gasteiger partial charge is 0.368 e. The highest BCUT2D eigenvalue weighted by atomic mass is 32.2. The van der Waals surface area contributed by atoms with Gasteiger partial charge in [-0.15, -0.1) is 0 Å². The first-order valence-electron chi connectivity index (χ1n) is 5.63. The topological polar surface area (TPSA) is 24.9 Å². The summed E-state index contributed by atoms with van der Waals surface area (Å²) in [6.07, 6.45) is 0. The van der Waals surface area contributed by atoms with Crippen molar-refractivity contribution >= 4 is 17.6 Å². The molecule has 1 aromatic heterocycles. The molecule has 100 valence electrons. The predicted octanol–water partition coefficient (Wildman–Crippen LogP) is 4.08. The van der Waals surface area contributed by atoms with Crippen molar-refractivity contribution in [3.05, 3.63) is 47.8 Å². The standard InChI is InChI=1S/C13H11F3N2S/c1-2-17-12-10(15)7-11(16)13(18-12)19-9-5-3-4-8(14)6-9/h3-7H,2H2,1H3,(H,17,18). The molecule has 0 aliphatic heterocycles. The zero-order chi connectivity index (χ0) is 13.8. The third-order valence-electron chi connectivity index (χ3n) is 2.25. The first-order chi connectivity index (χ1) is 9.10. The highest BCUT2D eigenvalue weighted by Crippen LogP contribution is 2.30. The van der Waals surface area contributed by atoms with E-state index < -0.39 is 17.5 Å². The van der Waals surface area contributed by atoms with Crippen LogP contribution in [0.2, 0.25) is 0 Å². The van der Waals surface area contributed by atoms with Gasteiger partial charge in [-0.1, -0.05) is 17.8 Å². The highest BCUT2D eigenvalue weighted by molar-refractivity contribution is 7.99. The van der Waals surface area contributed by atoms with Crippen LogP contribution in [0.4, 0.5) is 19.0 Å². The van der Waals surface area contributed by atoms with E-state index in [0.717, 1.165) is 17.8 Å². The first kappa shape index (κ1) is 13.7. The minimum atomic E-state index is -0.770. The van der Waals surface area contributed by atoms with Gasteiger partial charge in [-0.2, -0.15) is 0 Å². The second-order valence-electron chi connectivity index (χ2n) is 3.70. The molecule has 1 aromatic carbocycles. The number of nitrogens with one attached hydrogen (secondary N) is 1. The van der Waals surface area contributed by atoms with Crippen LogP contribution < -0.4 is 5.32 Å². The minimum Gasteiger partial charge on any atom is -0.368 e. The summed E-state index contributed by atoms with van der Waals surface area (Å²) in [5.41, 5.74) is 0. The van der Waals surface area contributed by atoms with Crippen molar-refractivity contribution in [2.75, 3.05) is 11.9 Å². The van der Waals surface area contributed by atoms with E-state index in [1.165, 1.54) is 18.2 Å². The second kappa shape index (κ2) is 5.97. The molecule has 0 bridgehead atoms. The zero-order valence-electron chi connectivity index (χ0n) is 10.1. The molecule has 0 aliphatic carbocycles. The van der Waals surface area contributed by atoms with Crippen LogP contribution in [-0.2, 0) is 0 Å².